The van der Waals surface area contributed by atoms with Crippen molar-refractivity contribution < 1.29 is 0 Å². The minimum absolute atomic E-state index is 0.0146. The Labute approximate surface area is 254 Å². The summed E-state index contributed by atoms with van der Waals surface area (Å²) in [7, 11) is -0.214. The van der Waals surface area contributed by atoms with Crippen molar-refractivity contribution in [1.29, 1.82) is 0 Å². The van der Waals surface area contributed by atoms with Crippen LogP contribution in [0.25, 0.3) is 25.1 Å². The highest BCUT2D eigenvalue weighted by atomic mass is 32.2. The summed E-state index contributed by atoms with van der Waals surface area (Å²) in [6.45, 7) is 4.00. The largest absolute Gasteiger partial charge is 0.288 e. The fourth-order valence-corrected chi connectivity index (χ4v) is 9.29. The number of benzene rings is 6. The van der Waals surface area contributed by atoms with E-state index in [1.54, 1.807) is 0 Å². The predicted octanol–water partition coefficient (Wildman–Crippen LogP) is 10.9. The molecule has 0 N–H and O–H groups in total. The van der Waals surface area contributed by atoms with Crippen molar-refractivity contribution in [1.82, 2.24) is 0 Å². The summed E-state index contributed by atoms with van der Waals surface area (Å²) in [5.41, 5.74) is 0.140. The smallest absolute Gasteiger partial charge is 0.203 e. The van der Waals surface area contributed by atoms with Crippen molar-refractivity contribution in [3.63, 3.8) is 0 Å². The van der Waals surface area contributed by atoms with Gasteiger partial charge in [0.15, 0.2) is 29.0 Å². The molecule has 0 aliphatic heterocycles. The minimum Gasteiger partial charge on any atom is -0.288 e. The molecule has 0 saturated heterocycles. The van der Waals surface area contributed by atoms with E-state index >= 15 is 0 Å². The lowest BCUT2D eigenvalue weighted by molar-refractivity contribution is 1.32. The highest BCUT2D eigenvalue weighted by Gasteiger charge is 2.27. The van der Waals surface area contributed by atoms with Crippen LogP contribution in [0.4, 0.5) is 0 Å². The summed E-state index contributed by atoms with van der Waals surface area (Å²) >= 11 is 0. The van der Waals surface area contributed by atoms with Crippen LogP contribution in [0.5, 0.6) is 0 Å². The normalized spacial score (nSPS) is 10.5. The third-order valence-corrected chi connectivity index (χ3v) is 11.2. The van der Waals surface area contributed by atoms with Crippen LogP contribution in [0, 0.1) is 0 Å². The molecule has 42 heavy (non-hydrogen) atoms. The first-order chi connectivity index (χ1) is 20.8. The molecule has 0 radical (unpaired) electrons. The predicted molar refractivity (Wildman–Crippen MR) is 184 cm³/mol. The van der Waals surface area contributed by atoms with Crippen molar-refractivity contribution in [2.75, 3.05) is 0 Å². The molecule has 0 bridgehead atoms. The molecule has 0 fully saturated rings. The summed E-state index contributed by atoms with van der Waals surface area (Å²) < 4.78 is 2.26. The standard InChI is InChI=1S/C19H13OS.C18H15S.C2H6/c20-19-15-10-4-6-12-17(15)21(14-8-2-1-3-9-14)18-13-7-5-11-16(18)19;1-4-10-16(11-5-1)19(17-12-6-2-7-13-17)18-14-8-3-9-15-18;1-2/h1-13H;1-15H;1-2H3/q2*+1;. The van der Waals surface area contributed by atoms with E-state index in [9.17, 15) is 4.79 Å². The Balaban J connectivity index is 0.000000160. The Bertz CT molecular complexity index is 1750. The minimum atomic E-state index is -0.199. The Morgan fingerprint density at radius 3 is 1.10 bits per heavy atom. The highest BCUT2D eigenvalue weighted by molar-refractivity contribution is 7.97. The van der Waals surface area contributed by atoms with Gasteiger partial charge in [-0.25, -0.2) is 0 Å². The maximum absolute atomic E-state index is 12.7. The molecule has 7 aromatic rings. The van der Waals surface area contributed by atoms with Crippen LogP contribution >= 0.6 is 10.5 Å². The summed E-state index contributed by atoms with van der Waals surface area (Å²) in [6, 6.07) is 58.6. The first-order valence-corrected chi connectivity index (χ1v) is 16.7. The van der Waals surface area contributed by atoms with Gasteiger partial charge >= 0.3 is 0 Å². The molecule has 0 amide bonds. The van der Waals surface area contributed by atoms with Gasteiger partial charge in [0.2, 0.25) is 5.43 Å². The Kier molecular flexibility index (Phi) is 10.0. The number of fused-ring (bicyclic) bond motifs is 2. The molecule has 0 unspecified atom stereocenters. The van der Waals surface area contributed by atoms with Crippen LogP contribution < -0.4 is 5.43 Å². The van der Waals surface area contributed by atoms with Crippen LogP contribution in [0.15, 0.2) is 189 Å². The molecule has 0 atom stereocenters. The number of hydrogen-bond donors (Lipinski definition) is 0. The van der Waals surface area contributed by atoms with Gasteiger partial charge in [0.05, 0.1) is 21.7 Å². The molecule has 1 nitrogen and oxygen atoms in total. The van der Waals surface area contributed by atoms with E-state index in [1.807, 2.05) is 56.3 Å². The van der Waals surface area contributed by atoms with Crippen LogP contribution in [-0.4, -0.2) is 0 Å². The van der Waals surface area contributed by atoms with Gasteiger partial charge in [0, 0.05) is 10.5 Å². The number of rotatable bonds is 4. The molecule has 0 saturated carbocycles. The van der Waals surface area contributed by atoms with E-state index in [4.69, 9.17) is 0 Å². The van der Waals surface area contributed by atoms with E-state index in [0.29, 0.717) is 0 Å². The maximum atomic E-state index is 12.7. The zero-order valence-corrected chi connectivity index (χ0v) is 25.5. The monoisotopic (exact) mass is 582 g/mol. The van der Waals surface area contributed by atoms with Crippen LogP contribution in [0.1, 0.15) is 13.8 Å². The molecular formula is C39H34OS2+2. The van der Waals surface area contributed by atoms with Crippen LogP contribution in [0.2, 0.25) is 0 Å². The van der Waals surface area contributed by atoms with Gasteiger partial charge in [-0.1, -0.05) is 111 Å². The molecule has 0 spiro atoms. The fraction of sp³-hybridized carbons (Fsp3) is 0.0513. The molecule has 1 aromatic heterocycles. The van der Waals surface area contributed by atoms with Crippen molar-refractivity contribution in [2.24, 2.45) is 0 Å². The molecule has 0 aliphatic carbocycles. The zero-order chi connectivity index (χ0) is 29.1. The summed E-state index contributed by atoms with van der Waals surface area (Å²) in [4.78, 5) is 18.0. The van der Waals surface area contributed by atoms with Crippen LogP contribution in [0.3, 0.4) is 0 Å². The Morgan fingerprint density at radius 2 is 0.714 bits per heavy atom. The second-order valence-electron chi connectivity index (χ2n) is 9.19. The SMILES string of the molecule is CC.O=c1c2ccccc2[s+](-c2ccccc2)c2ccccc12.c1ccc([S+](c2ccccc2)c2ccccc2)cc1. The van der Waals surface area contributed by atoms with E-state index in [2.05, 4.69) is 127 Å². The van der Waals surface area contributed by atoms with Gasteiger partial charge in [-0.15, -0.1) is 0 Å². The second-order valence-corrected chi connectivity index (χ2v) is 13.2. The maximum Gasteiger partial charge on any atom is 0.203 e. The summed E-state index contributed by atoms with van der Waals surface area (Å²) in [5.74, 6) is 0. The van der Waals surface area contributed by atoms with E-state index < -0.39 is 0 Å². The van der Waals surface area contributed by atoms with Crippen molar-refractivity contribution in [3.05, 3.63) is 180 Å². The summed E-state index contributed by atoms with van der Waals surface area (Å²) in [5, 5.41) is 1.67. The average molecular weight is 583 g/mol. The highest BCUT2D eigenvalue weighted by Crippen LogP contribution is 2.42. The van der Waals surface area contributed by atoms with Gasteiger partial charge in [0.25, 0.3) is 0 Å². The van der Waals surface area contributed by atoms with Crippen molar-refractivity contribution in [3.8, 4) is 4.90 Å². The van der Waals surface area contributed by atoms with Crippen molar-refractivity contribution >= 4 is 41.5 Å². The van der Waals surface area contributed by atoms with Gasteiger partial charge < -0.3 is 0 Å². The molecule has 7 rings (SSSR count). The lowest BCUT2D eigenvalue weighted by Crippen LogP contribution is -2.04. The van der Waals surface area contributed by atoms with Gasteiger partial charge in [-0.3, -0.25) is 4.79 Å². The summed E-state index contributed by atoms with van der Waals surface area (Å²) in [6.07, 6.45) is 0. The first kappa shape index (κ1) is 29.1. The third kappa shape index (κ3) is 6.38. The molecule has 6 aromatic carbocycles. The second kappa shape index (κ2) is 14.5. The lowest BCUT2D eigenvalue weighted by Gasteiger charge is -2.07. The molecule has 3 heteroatoms. The number of hydrogen-bond acceptors (Lipinski definition) is 1. The van der Waals surface area contributed by atoms with Crippen LogP contribution in [-0.2, 0) is 10.9 Å². The first-order valence-electron chi connectivity index (χ1n) is 14.2. The molecular weight excluding hydrogens is 549 g/mol. The van der Waals surface area contributed by atoms with E-state index in [-0.39, 0.29) is 26.8 Å². The van der Waals surface area contributed by atoms with E-state index in [1.165, 1.54) is 19.6 Å². The quantitative estimate of drug-likeness (QED) is 0.149. The fourth-order valence-electron chi connectivity index (χ4n) is 4.82. The molecule has 1 heterocycles. The van der Waals surface area contributed by atoms with E-state index in [0.717, 1.165) is 20.2 Å². The van der Waals surface area contributed by atoms with Gasteiger partial charge in [-0.2, -0.15) is 0 Å². The lowest BCUT2D eigenvalue weighted by atomic mass is 10.2. The Hall–Kier alpha value is -4.44. The van der Waals surface area contributed by atoms with Crippen molar-refractivity contribution in [2.45, 2.75) is 28.5 Å². The van der Waals surface area contributed by atoms with Gasteiger partial charge in [0.1, 0.15) is 0 Å². The average Bonchev–Trinajstić information content (AvgIpc) is 3.08. The molecule has 0 aliphatic rings. The Morgan fingerprint density at radius 1 is 0.405 bits per heavy atom. The zero-order valence-electron chi connectivity index (χ0n) is 23.9. The molecule has 206 valence electrons. The topological polar surface area (TPSA) is 17.1 Å². The van der Waals surface area contributed by atoms with Gasteiger partial charge in [-0.05, 0) is 72.8 Å². The third-order valence-electron chi connectivity index (χ3n) is 6.62.